The highest BCUT2D eigenvalue weighted by Crippen LogP contribution is 2.32. The van der Waals surface area contributed by atoms with E-state index in [4.69, 9.17) is 5.11 Å². The lowest BCUT2D eigenvalue weighted by Crippen LogP contribution is -2.36. The summed E-state index contributed by atoms with van der Waals surface area (Å²) in [5.74, 6) is -1.66. The number of thiazole rings is 1. The number of carboxylic acids is 1. The quantitative estimate of drug-likeness (QED) is 0.898. The smallest absolute Gasteiger partial charge is 0.443 e. The molecule has 1 N–H and O–H groups in total. The van der Waals surface area contributed by atoms with Crippen LogP contribution in [0.5, 0.6) is 0 Å². The highest BCUT2D eigenvalue weighted by molar-refractivity contribution is 7.09. The molecule has 0 saturated heterocycles. The predicted molar refractivity (Wildman–Crippen MR) is 79.0 cm³/mol. The molecule has 24 heavy (non-hydrogen) atoms. The number of aromatic nitrogens is 1. The number of fused-ring (bicyclic) bond motifs is 1. The summed E-state index contributed by atoms with van der Waals surface area (Å²) < 4.78 is 37.8. The van der Waals surface area contributed by atoms with Gasteiger partial charge in [-0.25, -0.2) is 9.78 Å². The average Bonchev–Trinajstić information content (AvgIpc) is 3.03. The lowest BCUT2D eigenvalue weighted by atomic mass is 9.97. The normalized spacial score (nSPS) is 14.4. The molecule has 1 aliphatic heterocycles. The molecule has 0 bridgehead atoms. The number of alkyl halides is 3. The summed E-state index contributed by atoms with van der Waals surface area (Å²) >= 11 is 0.379. The summed E-state index contributed by atoms with van der Waals surface area (Å²) in [6, 6.07) is 4.68. The predicted octanol–water partition coefficient (Wildman–Crippen LogP) is 3.06. The van der Waals surface area contributed by atoms with E-state index in [-0.39, 0.29) is 17.8 Å². The van der Waals surface area contributed by atoms with Gasteiger partial charge < -0.3 is 10.0 Å². The van der Waals surface area contributed by atoms with Crippen LogP contribution in [0.2, 0.25) is 0 Å². The van der Waals surface area contributed by atoms with Gasteiger partial charge in [0, 0.05) is 18.5 Å². The van der Waals surface area contributed by atoms with E-state index in [9.17, 15) is 22.8 Å². The second-order valence-electron chi connectivity index (χ2n) is 5.30. The van der Waals surface area contributed by atoms with Gasteiger partial charge in [-0.1, -0.05) is 6.07 Å². The van der Waals surface area contributed by atoms with Crippen LogP contribution in [0.4, 0.5) is 13.2 Å². The van der Waals surface area contributed by atoms with Crippen LogP contribution in [0, 0.1) is 0 Å². The third-order valence-electron chi connectivity index (χ3n) is 3.72. The topological polar surface area (TPSA) is 70.5 Å². The molecule has 2 heterocycles. The first-order valence-corrected chi connectivity index (χ1v) is 7.81. The summed E-state index contributed by atoms with van der Waals surface area (Å²) in [5, 5.41) is 9.06. The van der Waals surface area contributed by atoms with Gasteiger partial charge >= 0.3 is 12.1 Å². The van der Waals surface area contributed by atoms with Crippen LogP contribution in [0.25, 0.3) is 0 Å². The zero-order chi connectivity index (χ0) is 17.5. The third kappa shape index (κ3) is 3.12. The summed E-state index contributed by atoms with van der Waals surface area (Å²) in [6.45, 7) is 0.491. The number of nitrogens with zero attached hydrogens (tertiary/aromatic N) is 2. The van der Waals surface area contributed by atoms with E-state index in [0.717, 1.165) is 10.9 Å². The molecule has 9 heteroatoms. The molecule has 0 fully saturated rings. The summed E-state index contributed by atoms with van der Waals surface area (Å²) in [4.78, 5) is 28.1. The standard InChI is InChI=1S/C15H11F3N2O3S/c16-15(17,18)14-19-11(7-24-14)12(21)20-4-3-8-1-2-9(13(22)23)5-10(8)6-20/h1-2,5,7H,3-4,6H2,(H,22,23). The van der Waals surface area contributed by atoms with Gasteiger partial charge in [0.2, 0.25) is 0 Å². The minimum Gasteiger partial charge on any atom is -0.478 e. The highest BCUT2D eigenvalue weighted by atomic mass is 32.1. The SMILES string of the molecule is O=C(O)c1ccc2c(c1)CN(C(=O)c1csc(C(F)(F)F)n1)CC2. The number of amides is 1. The molecule has 0 saturated carbocycles. The Bertz CT molecular complexity index is 817. The lowest BCUT2D eigenvalue weighted by molar-refractivity contribution is -0.137. The number of carbonyl (C=O) groups excluding carboxylic acids is 1. The van der Waals surface area contributed by atoms with Gasteiger partial charge in [-0.2, -0.15) is 13.2 Å². The van der Waals surface area contributed by atoms with Crippen molar-refractivity contribution in [2.24, 2.45) is 0 Å². The Kier molecular flexibility index (Phi) is 4.04. The molecule has 0 atom stereocenters. The average molecular weight is 356 g/mol. The Morgan fingerprint density at radius 2 is 2.00 bits per heavy atom. The number of rotatable bonds is 2. The first kappa shape index (κ1) is 16.4. The van der Waals surface area contributed by atoms with E-state index in [0.29, 0.717) is 29.9 Å². The second kappa shape index (κ2) is 5.90. The van der Waals surface area contributed by atoms with E-state index in [2.05, 4.69) is 4.98 Å². The van der Waals surface area contributed by atoms with Crippen LogP contribution in [0.3, 0.4) is 0 Å². The molecular formula is C15H11F3N2O3S. The van der Waals surface area contributed by atoms with E-state index < -0.39 is 23.1 Å². The molecule has 126 valence electrons. The van der Waals surface area contributed by atoms with Crippen molar-refractivity contribution >= 4 is 23.2 Å². The Morgan fingerprint density at radius 3 is 2.62 bits per heavy atom. The fourth-order valence-corrected chi connectivity index (χ4v) is 3.19. The van der Waals surface area contributed by atoms with Crippen LogP contribution >= 0.6 is 11.3 Å². The van der Waals surface area contributed by atoms with Gasteiger partial charge in [0.15, 0.2) is 5.01 Å². The maximum Gasteiger partial charge on any atom is 0.443 e. The molecule has 2 aromatic rings. The molecule has 5 nitrogen and oxygen atoms in total. The zero-order valence-corrected chi connectivity index (χ0v) is 12.9. The Morgan fingerprint density at radius 1 is 1.25 bits per heavy atom. The monoisotopic (exact) mass is 356 g/mol. The number of benzene rings is 1. The Balaban J connectivity index is 1.82. The van der Waals surface area contributed by atoms with Gasteiger partial charge in [0.1, 0.15) is 5.69 Å². The van der Waals surface area contributed by atoms with E-state index >= 15 is 0 Å². The maximum atomic E-state index is 12.6. The molecule has 0 unspecified atom stereocenters. The molecular weight excluding hydrogens is 345 g/mol. The lowest BCUT2D eigenvalue weighted by Gasteiger charge is -2.28. The van der Waals surface area contributed by atoms with Gasteiger partial charge in [0.25, 0.3) is 5.91 Å². The molecule has 0 aliphatic carbocycles. The highest BCUT2D eigenvalue weighted by Gasteiger charge is 2.36. The molecule has 0 spiro atoms. The van der Waals surface area contributed by atoms with Crippen LogP contribution < -0.4 is 0 Å². The Labute approximate surface area is 138 Å². The molecule has 1 aliphatic rings. The largest absolute Gasteiger partial charge is 0.478 e. The minimum atomic E-state index is -4.58. The van der Waals surface area contributed by atoms with E-state index in [1.165, 1.54) is 17.0 Å². The van der Waals surface area contributed by atoms with Crippen molar-refractivity contribution in [1.82, 2.24) is 9.88 Å². The van der Waals surface area contributed by atoms with Crippen LogP contribution in [0.15, 0.2) is 23.6 Å². The number of halogens is 3. The number of carbonyl (C=O) groups is 2. The fraction of sp³-hybridized carbons (Fsp3) is 0.267. The Hall–Kier alpha value is -2.42. The minimum absolute atomic E-state index is 0.107. The summed E-state index contributed by atoms with van der Waals surface area (Å²) in [5.41, 5.74) is 1.47. The van der Waals surface area contributed by atoms with Crippen molar-refractivity contribution in [3.8, 4) is 0 Å². The summed E-state index contributed by atoms with van der Waals surface area (Å²) in [7, 11) is 0. The van der Waals surface area contributed by atoms with E-state index in [1.807, 2.05) is 0 Å². The zero-order valence-electron chi connectivity index (χ0n) is 12.1. The van der Waals surface area contributed by atoms with Gasteiger partial charge in [-0.15, -0.1) is 11.3 Å². The van der Waals surface area contributed by atoms with Crippen molar-refractivity contribution in [3.05, 3.63) is 51.0 Å². The van der Waals surface area contributed by atoms with Gasteiger partial charge in [-0.05, 0) is 29.7 Å². The molecule has 0 radical (unpaired) electrons. The van der Waals surface area contributed by atoms with Crippen molar-refractivity contribution in [2.75, 3.05) is 6.54 Å². The van der Waals surface area contributed by atoms with Gasteiger partial charge in [0.05, 0.1) is 5.56 Å². The van der Waals surface area contributed by atoms with Crippen LogP contribution in [0.1, 0.15) is 37.0 Å². The first-order chi connectivity index (χ1) is 11.3. The maximum absolute atomic E-state index is 12.6. The molecule has 1 aromatic heterocycles. The molecule has 3 rings (SSSR count). The van der Waals surface area contributed by atoms with Gasteiger partial charge in [-0.3, -0.25) is 4.79 Å². The second-order valence-corrected chi connectivity index (χ2v) is 6.16. The van der Waals surface area contributed by atoms with Crippen LogP contribution in [-0.2, 0) is 19.1 Å². The third-order valence-corrected chi connectivity index (χ3v) is 4.61. The number of carboxylic acid groups (broad SMARTS) is 1. The van der Waals surface area contributed by atoms with Crippen molar-refractivity contribution in [1.29, 1.82) is 0 Å². The van der Waals surface area contributed by atoms with Crippen molar-refractivity contribution in [2.45, 2.75) is 19.1 Å². The van der Waals surface area contributed by atoms with E-state index in [1.54, 1.807) is 6.07 Å². The number of hydrogen-bond acceptors (Lipinski definition) is 4. The first-order valence-electron chi connectivity index (χ1n) is 6.93. The number of aromatic carboxylic acids is 1. The summed E-state index contributed by atoms with van der Waals surface area (Å²) in [6.07, 6.45) is -4.06. The number of hydrogen-bond donors (Lipinski definition) is 1. The molecule has 1 aromatic carbocycles. The van der Waals surface area contributed by atoms with Crippen molar-refractivity contribution < 1.29 is 27.9 Å². The van der Waals surface area contributed by atoms with Crippen molar-refractivity contribution in [3.63, 3.8) is 0 Å². The fourth-order valence-electron chi connectivity index (χ4n) is 2.53. The van der Waals surface area contributed by atoms with Crippen LogP contribution in [-0.4, -0.2) is 33.4 Å². The molecule has 1 amide bonds.